The third kappa shape index (κ3) is 48.2. The summed E-state index contributed by atoms with van der Waals surface area (Å²) in [5.41, 5.74) is 0. The molecule has 0 fully saturated rings. The zero-order valence-corrected chi connectivity index (χ0v) is 41.3. The minimum absolute atomic E-state index is 0.0281. The van der Waals surface area contributed by atoms with E-state index < -0.39 is 12.1 Å². The van der Waals surface area contributed by atoms with Crippen LogP contribution in [0.4, 0.5) is 0 Å². The van der Waals surface area contributed by atoms with Crippen LogP contribution in [-0.2, 0) is 4.79 Å². The van der Waals surface area contributed by atoms with Gasteiger partial charge in [-0.2, -0.15) is 0 Å². The number of rotatable bonds is 52. The predicted molar refractivity (Wildman–Crippen MR) is 267 cm³/mol. The van der Waals surface area contributed by atoms with Crippen LogP contribution >= 0.6 is 0 Å². The molecule has 1 amide bonds. The molecule has 0 aromatic heterocycles. The van der Waals surface area contributed by atoms with Gasteiger partial charge in [0.15, 0.2) is 0 Å². The Labute approximate surface area is 377 Å². The highest BCUT2D eigenvalue weighted by molar-refractivity contribution is 5.76. The highest BCUT2D eigenvalue weighted by atomic mass is 16.3. The van der Waals surface area contributed by atoms with Gasteiger partial charge in [-0.05, 0) is 38.5 Å². The van der Waals surface area contributed by atoms with E-state index in [1.807, 2.05) is 0 Å². The summed E-state index contributed by atoms with van der Waals surface area (Å²) < 4.78 is 0. The Morgan fingerprint density at radius 3 is 0.917 bits per heavy atom. The largest absolute Gasteiger partial charge is 0.394 e. The summed E-state index contributed by atoms with van der Waals surface area (Å²) in [6.07, 6.45) is 67.7. The van der Waals surface area contributed by atoms with Gasteiger partial charge < -0.3 is 15.5 Å². The number of aliphatic hydroxyl groups is 2. The standard InChI is InChI=1S/C56H111NO3/c1-3-5-7-9-11-13-15-17-19-21-23-24-25-26-27-28-29-30-31-32-34-35-37-39-41-43-45-47-49-51-55(59)54(53-58)57-56(60)52-50-48-46-44-42-40-38-36-33-22-20-18-16-14-12-10-8-6-4-2/h18,20,54-55,58-59H,3-17,19,21-53H2,1-2H3,(H,57,60)/b20-18-. The van der Waals surface area contributed by atoms with Gasteiger partial charge in [-0.25, -0.2) is 0 Å². The molecule has 0 saturated carbocycles. The number of carbonyl (C=O) groups is 1. The van der Waals surface area contributed by atoms with Crippen LogP contribution in [0.1, 0.15) is 322 Å². The van der Waals surface area contributed by atoms with E-state index in [9.17, 15) is 15.0 Å². The topological polar surface area (TPSA) is 69.6 Å². The fraction of sp³-hybridized carbons (Fsp3) is 0.946. The van der Waals surface area contributed by atoms with Crippen LogP contribution in [0.2, 0.25) is 0 Å². The summed E-state index contributed by atoms with van der Waals surface area (Å²) in [6, 6.07) is -0.535. The average molecular weight is 847 g/mol. The summed E-state index contributed by atoms with van der Waals surface area (Å²) >= 11 is 0. The molecule has 4 heteroatoms. The van der Waals surface area contributed by atoms with Crippen molar-refractivity contribution < 1.29 is 15.0 Å². The smallest absolute Gasteiger partial charge is 0.220 e. The number of carbonyl (C=O) groups excluding carboxylic acids is 1. The minimum Gasteiger partial charge on any atom is -0.394 e. The van der Waals surface area contributed by atoms with E-state index in [4.69, 9.17) is 0 Å². The Hall–Kier alpha value is -0.870. The molecule has 0 aromatic rings. The lowest BCUT2D eigenvalue weighted by Gasteiger charge is -2.22. The van der Waals surface area contributed by atoms with Crippen molar-refractivity contribution in [3.05, 3.63) is 12.2 Å². The van der Waals surface area contributed by atoms with Crippen molar-refractivity contribution >= 4 is 5.91 Å². The van der Waals surface area contributed by atoms with E-state index in [1.54, 1.807) is 0 Å². The first-order valence-electron chi connectivity index (χ1n) is 27.9. The first-order valence-corrected chi connectivity index (χ1v) is 27.9. The first-order chi connectivity index (χ1) is 29.7. The summed E-state index contributed by atoms with van der Waals surface area (Å²) in [6.45, 7) is 4.39. The fourth-order valence-corrected chi connectivity index (χ4v) is 9.01. The quantitative estimate of drug-likeness (QED) is 0.0422. The molecule has 0 aromatic carbocycles. The molecule has 0 aliphatic carbocycles. The molecule has 0 spiro atoms. The number of nitrogens with one attached hydrogen (secondary N) is 1. The van der Waals surface area contributed by atoms with E-state index >= 15 is 0 Å². The van der Waals surface area contributed by atoms with Crippen molar-refractivity contribution in [2.45, 2.75) is 334 Å². The molecule has 2 atom stereocenters. The SMILES string of the molecule is CCCCCCCC/C=C\CCCCCCCCCCCC(=O)NC(CO)C(O)CCCCCCCCCCCCCCCCCCCCCCCCCCCCCCC. The third-order valence-corrected chi connectivity index (χ3v) is 13.3. The molecule has 0 bridgehead atoms. The van der Waals surface area contributed by atoms with Crippen LogP contribution in [0.5, 0.6) is 0 Å². The van der Waals surface area contributed by atoms with E-state index in [0.717, 1.165) is 25.7 Å². The van der Waals surface area contributed by atoms with E-state index in [1.165, 1.54) is 270 Å². The molecule has 0 heterocycles. The lowest BCUT2D eigenvalue weighted by molar-refractivity contribution is -0.123. The Bertz CT molecular complexity index is 829. The molecule has 0 radical (unpaired) electrons. The summed E-state index contributed by atoms with van der Waals surface area (Å²) in [7, 11) is 0. The summed E-state index contributed by atoms with van der Waals surface area (Å²) in [4.78, 5) is 12.5. The normalized spacial score (nSPS) is 12.8. The molecule has 0 saturated heterocycles. The van der Waals surface area contributed by atoms with E-state index in [-0.39, 0.29) is 12.5 Å². The molecule has 358 valence electrons. The van der Waals surface area contributed by atoms with E-state index in [0.29, 0.717) is 12.8 Å². The number of hydrogen-bond acceptors (Lipinski definition) is 3. The van der Waals surface area contributed by atoms with Gasteiger partial charge in [-0.15, -0.1) is 0 Å². The van der Waals surface area contributed by atoms with Crippen molar-refractivity contribution in [3.63, 3.8) is 0 Å². The van der Waals surface area contributed by atoms with Crippen LogP contribution in [0.15, 0.2) is 12.2 Å². The highest BCUT2D eigenvalue weighted by Gasteiger charge is 2.20. The maximum absolute atomic E-state index is 12.5. The number of unbranched alkanes of at least 4 members (excludes halogenated alkanes) is 43. The van der Waals surface area contributed by atoms with Gasteiger partial charge in [0.05, 0.1) is 18.8 Å². The molecular weight excluding hydrogens is 735 g/mol. The number of aliphatic hydroxyl groups excluding tert-OH is 2. The van der Waals surface area contributed by atoms with Gasteiger partial charge in [0, 0.05) is 6.42 Å². The van der Waals surface area contributed by atoms with Gasteiger partial charge in [-0.3, -0.25) is 4.79 Å². The molecule has 2 unspecified atom stereocenters. The van der Waals surface area contributed by atoms with Gasteiger partial charge in [0.25, 0.3) is 0 Å². The Morgan fingerprint density at radius 2 is 0.633 bits per heavy atom. The molecule has 4 nitrogen and oxygen atoms in total. The highest BCUT2D eigenvalue weighted by Crippen LogP contribution is 2.18. The number of hydrogen-bond donors (Lipinski definition) is 3. The Kier molecular flexibility index (Phi) is 51.7. The molecule has 0 rings (SSSR count). The molecule has 0 aliphatic rings. The van der Waals surface area contributed by atoms with Crippen LogP contribution in [0.3, 0.4) is 0 Å². The zero-order chi connectivity index (χ0) is 43.5. The van der Waals surface area contributed by atoms with E-state index in [2.05, 4.69) is 31.3 Å². The van der Waals surface area contributed by atoms with Gasteiger partial charge in [0.2, 0.25) is 5.91 Å². The van der Waals surface area contributed by atoms with Crippen LogP contribution in [-0.4, -0.2) is 34.9 Å². The lowest BCUT2D eigenvalue weighted by Crippen LogP contribution is -2.45. The average Bonchev–Trinajstić information content (AvgIpc) is 3.25. The van der Waals surface area contributed by atoms with Crippen molar-refractivity contribution in [3.8, 4) is 0 Å². The van der Waals surface area contributed by atoms with Crippen molar-refractivity contribution in [2.75, 3.05) is 6.61 Å². The minimum atomic E-state index is -0.658. The van der Waals surface area contributed by atoms with Crippen LogP contribution in [0, 0.1) is 0 Å². The van der Waals surface area contributed by atoms with Crippen molar-refractivity contribution in [2.24, 2.45) is 0 Å². The summed E-state index contributed by atoms with van der Waals surface area (Å²) in [5.74, 6) is -0.0281. The fourth-order valence-electron chi connectivity index (χ4n) is 9.01. The maximum atomic E-state index is 12.5. The first kappa shape index (κ1) is 59.1. The second kappa shape index (κ2) is 52.5. The summed E-state index contributed by atoms with van der Waals surface area (Å²) in [5, 5.41) is 23.3. The number of amides is 1. The van der Waals surface area contributed by atoms with Crippen LogP contribution in [0.25, 0.3) is 0 Å². The molecule has 0 aliphatic heterocycles. The maximum Gasteiger partial charge on any atom is 0.220 e. The van der Waals surface area contributed by atoms with Gasteiger partial charge >= 0.3 is 0 Å². The van der Waals surface area contributed by atoms with Crippen molar-refractivity contribution in [1.82, 2.24) is 5.32 Å². The second-order valence-electron chi connectivity index (χ2n) is 19.4. The Morgan fingerprint density at radius 1 is 0.383 bits per heavy atom. The van der Waals surface area contributed by atoms with Crippen LogP contribution < -0.4 is 5.32 Å². The zero-order valence-electron chi connectivity index (χ0n) is 41.3. The van der Waals surface area contributed by atoms with Crippen molar-refractivity contribution in [1.29, 1.82) is 0 Å². The molecule has 3 N–H and O–H groups in total. The third-order valence-electron chi connectivity index (χ3n) is 13.3. The number of allylic oxidation sites excluding steroid dienone is 2. The van der Waals surface area contributed by atoms with Gasteiger partial charge in [0.1, 0.15) is 0 Å². The van der Waals surface area contributed by atoms with Gasteiger partial charge in [-0.1, -0.05) is 289 Å². The predicted octanol–water partition coefficient (Wildman–Crippen LogP) is 18.1. The lowest BCUT2D eigenvalue weighted by atomic mass is 10.0. The second-order valence-corrected chi connectivity index (χ2v) is 19.4. The Balaban J connectivity index is 3.41. The monoisotopic (exact) mass is 846 g/mol. The molecular formula is C56H111NO3. The molecule has 60 heavy (non-hydrogen) atoms.